The lowest BCUT2D eigenvalue weighted by Gasteiger charge is -2.17. The summed E-state index contributed by atoms with van der Waals surface area (Å²) in [5.74, 6) is 0.424. The highest BCUT2D eigenvalue weighted by Gasteiger charge is 2.31. The highest BCUT2D eigenvalue weighted by molar-refractivity contribution is 9.10. The van der Waals surface area contributed by atoms with Crippen LogP contribution < -0.4 is 5.43 Å². The lowest BCUT2D eigenvalue weighted by atomic mass is 10.3. The number of hydrazine groups is 1. The molecule has 0 aromatic carbocycles. The molecule has 1 amide bonds. The van der Waals surface area contributed by atoms with Gasteiger partial charge in [-0.05, 0) is 40.9 Å². The van der Waals surface area contributed by atoms with Crippen molar-refractivity contribution in [2.24, 2.45) is 5.92 Å². The molecule has 0 unspecified atom stereocenters. The minimum absolute atomic E-state index is 0.178. The zero-order chi connectivity index (χ0) is 11.5. The summed E-state index contributed by atoms with van der Waals surface area (Å²) in [6, 6.07) is 3.86. The van der Waals surface area contributed by atoms with Crippen LogP contribution in [0.3, 0.4) is 0 Å². The van der Waals surface area contributed by atoms with Gasteiger partial charge in [-0.25, -0.2) is 5.43 Å². The molecule has 1 saturated carbocycles. The fourth-order valence-electron chi connectivity index (χ4n) is 1.39. The van der Waals surface area contributed by atoms with Gasteiger partial charge < -0.3 is 0 Å². The molecular formula is C11H14BrN3O. The molecule has 86 valence electrons. The van der Waals surface area contributed by atoms with Crippen LogP contribution in [0.5, 0.6) is 0 Å². The molecular weight excluding hydrogens is 270 g/mol. The molecule has 0 spiro atoms. The Morgan fingerprint density at radius 2 is 2.38 bits per heavy atom. The monoisotopic (exact) mass is 283 g/mol. The molecule has 0 aliphatic heterocycles. The van der Waals surface area contributed by atoms with E-state index in [0.29, 0.717) is 6.54 Å². The second kappa shape index (κ2) is 4.93. The lowest BCUT2D eigenvalue weighted by molar-refractivity contribution is -0.134. The minimum Gasteiger partial charge on any atom is -0.281 e. The van der Waals surface area contributed by atoms with E-state index in [-0.39, 0.29) is 11.8 Å². The molecule has 1 N–H and O–H groups in total. The first-order chi connectivity index (χ1) is 7.66. The van der Waals surface area contributed by atoms with E-state index >= 15 is 0 Å². The van der Waals surface area contributed by atoms with Crippen LogP contribution in [-0.4, -0.2) is 22.9 Å². The highest BCUT2D eigenvalue weighted by Crippen LogP contribution is 2.30. The third-order valence-corrected chi connectivity index (χ3v) is 3.01. The molecule has 1 aromatic heterocycles. The third-order valence-electron chi connectivity index (χ3n) is 2.54. The highest BCUT2D eigenvalue weighted by atomic mass is 79.9. The summed E-state index contributed by atoms with van der Waals surface area (Å²) in [6.45, 7) is 0.572. The summed E-state index contributed by atoms with van der Waals surface area (Å²) in [7, 11) is 1.76. The molecule has 4 nitrogen and oxygen atoms in total. The molecule has 0 bridgehead atoms. The van der Waals surface area contributed by atoms with E-state index in [4.69, 9.17) is 0 Å². The van der Waals surface area contributed by atoms with Gasteiger partial charge in [0, 0.05) is 23.6 Å². The molecule has 0 saturated heterocycles. The van der Waals surface area contributed by atoms with Crippen LogP contribution in [-0.2, 0) is 11.3 Å². The van der Waals surface area contributed by atoms with E-state index in [0.717, 1.165) is 23.0 Å². The Hall–Kier alpha value is -0.940. The van der Waals surface area contributed by atoms with Crippen molar-refractivity contribution in [1.82, 2.24) is 15.4 Å². The molecule has 1 aliphatic rings. The van der Waals surface area contributed by atoms with Crippen LogP contribution in [0.1, 0.15) is 18.5 Å². The predicted molar refractivity (Wildman–Crippen MR) is 64.3 cm³/mol. The maximum atomic E-state index is 11.6. The van der Waals surface area contributed by atoms with Gasteiger partial charge in [0.05, 0.1) is 12.2 Å². The molecule has 1 aliphatic carbocycles. The largest absolute Gasteiger partial charge is 0.281 e. The Morgan fingerprint density at radius 3 is 2.94 bits per heavy atom. The quantitative estimate of drug-likeness (QED) is 0.856. The maximum absolute atomic E-state index is 11.6. The zero-order valence-corrected chi connectivity index (χ0v) is 10.7. The second-order valence-corrected chi connectivity index (χ2v) is 4.89. The first-order valence-electron chi connectivity index (χ1n) is 5.28. The first kappa shape index (κ1) is 11.5. The van der Waals surface area contributed by atoms with Gasteiger partial charge in [0.1, 0.15) is 0 Å². The van der Waals surface area contributed by atoms with Crippen molar-refractivity contribution in [1.29, 1.82) is 0 Å². The summed E-state index contributed by atoms with van der Waals surface area (Å²) < 4.78 is 0.957. The summed E-state index contributed by atoms with van der Waals surface area (Å²) in [4.78, 5) is 15.8. The third kappa shape index (κ3) is 3.02. The number of nitrogens with one attached hydrogen (secondary N) is 1. The molecule has 0 atom stereocenters. The number of hydrogen-bond donors (Lipinski definition) is 1. The fourth-order valence-corrected chi connectivity index (χ4v) is 1.63. The molecule has 1 heterocycles. The average molecular weight is 284 g/mol. The number of rotatable bonds is 4. The van der Waals surface area contributed by atoms with Crippen molar-refractivity contribution in [2.75, 3.05) is 7.05 Å². The topological polar surface area (TPSA) is 45.2 Å². The van der Waals surface area contributed by atoms with Crippen LogP contribution in [0.2, 0.25) is 0 Å². The van der Waals surface area contributed by atoms with Crippen molar-refractivity contribution in [2.45, 2.75) is 19.4 Å². The minimum atomic E-state index is 0.178. The van der Waals surface area contributed by atoms with Crippen molar-refractivity contribution in [3.8, 4) is 0 Å². The Bertz CT molecular complexity index is 375. The van der Waals surface area contributed by atoms with Gasteiger partial charge in [0.15, 0.2) is 0 Å². The van der Waals surface area contributed by atoms with E-state index < -0.39 is 0 Å². The van der Waals surface area contributed by atoms with Crippen LogP contribution >= 0.6 is 15.9 Å². The molecule has 1 aromatic rings. The van der Waals surface area contributed by atoms with Gasteiger partial charge in [-0.15, -0.1) is 0 Å². The molecule has 0 radical (unpaired) electrons. The number of aromatic nitrogens is 1. The van der Waals surface area contributed by atoms with Gasteiger partial charge in [0.2, 0.25) is 5.91 Å². The summed E-state index contributed by atoms with van der Waals surface area (Å²) >= 11 is 3.33. The van der Waals surface area contributed by atoms with Crippen LogP contribution in [0.25, 0.3) is 0 Å². The fraction of sp³-hybridized carbons (Fsp3) is 0.455. The predicted octanol–water partition coefficient (Wildman–Crippen LogP) is 1.72. The zero-order valence-electron chi connectivity index (χ0n) is 9.11. The number of hydrogen-bond acceptors (Lipinski definition) is 3. The molecule has 2 rings (SSSR count). The maximum Gasteiger partial charge on any atom is 0.239 e. The number of amides is 1. The molecule has 16 heavy (non-hydrogen) atoms. The first-order valence-corrected chi connectivity index (χ1v) is 6.07. The van der Waals surface area contributed by atoms with Gasteiger partial charge >= 0.3 is 0 Å². The van der Waals surface area contributed by atoms with Crippen molar-refractivity contribution in [3.05, 3.63) is 28.5 Å². The smallest absolute Gasteiger partial charge is 0.239 e. The van der Waals surface area contributed by atoms with Crippen LogP contribution in [0.15, 0.2) is 22.8 Å². The standard InChI is InChI=1S/C11H14BrN3O/c1-15(11(16)8-2-3-8)14-7-10-5-4-9(12)6-13-10/h4-6,8,14H,2-3,7H2,1H3. The summed E-state index contributed by atoms with van der Waals surface area (Å²) in [5.41, 5.74) is 3.96. The number of nitrogens with zero attached hydrogens (tertiary/aromatic N) is 2. The Morgan fingerprint density at radius 1 is 1.62 bits per heavy atom. The van der Waals surface area contributed by atoms with Gasteiger partial charge in [0.25, 0.3) is 0 Å². The van der Waals surface area contributed by atoms with Crippen LogP contribution in [0, 0.1) is 5.92 Å². The van der Waals surface area contributed by atoms with Gasteiger partial charge in [-0.3, -0.25) is 14.8 Å². The van der Waals surface area contributed by atoms with Crippen LogP contribution in [0.4, 0.5) is 0 Å². The van der Waals surface area contributed by atoms with Crippen molar-refractivity contribution in [3.63, 3.8) is 0 Å². The van der Waals surface area contributed by atoms with E-state index in [2.05, 4.69) is 26.3 Å². The van der Waals surface area contributed by atoms with E-state index in [9.17, 15) is 4.79 Å². The Balaban J connectivity index is 1.82. The van der Waals surface area contributed by atoms with Gasteiger partial charge in [-0.2, -0.15) is 0 Å². The van der Waals surface area contributed by atoms with Gasteiger partial charge in [-0.1, -0.05) is 0 Å². The lowest BCUT2D eigenvalue weighted by Crippen LogP contribution is -2.40. The van der Waals surface area contributed by atoms with Crippen molar-refractivity contribution >= 4 is 21.8 Å². The van der Waals surface area contributed by atoms with Crippen molar-refractivity contribution < 1.29 is 4.79 Å². The number of carbonyl (C=O) groups excluding carboxylic acids is 1. The van der Waals surface area contributed by atoms with E-state index in [1.54, 1.807) is 18.3 Å². The average Bonchev–Trinajstić information content (AvgIpc) is 3.11. The number of carbonyl (C=O) groups is 1. The molecule has 5 heteroatoms. The van der Waals surface area contributed by atoms with E-state index in [1.807, 2.05) is 12.1 Å². The second-order valence-electron chi connectivity index (χ2n) is 3.97. The summed E-state index contributed by atoms with van der Waals surface area (Å²) in [6.07, 6.45) is 3.81. The summed E-state index contributed by atoms with van der Waals surface area (Å²) in [5, 5.41) is 1.57. The normalized spacial score (nSPS) is 14.9. The molecule has 1 fully saturated rings. The number of halogens is 1. The Labute approximate surface area is 103 Å². The SMILES string of the molecule is CN(NCc1ccc(Br)cn1)C(=O)C1CC1. The Kier molecular flexibility index (Phi) is 3.56. The number of pyridine rings is 1. The van der Waals surface area contributed by atoms with E-state index in [1.165, 1.54) is 0 Å².